The van der Waals surface area contributed by atoms with Crippen LogP contribution in [0.3, 0.4) is 0 Å². The van der Waals surface area contributed by atoms with E-state index in [2.05, 4.69) is 0 Å². The smallest absolute Gasteiger partial charge is 0.308 e. The molecule has 2 aromatic carbocycles. The third kappa shape index (κ3) is 4.07. The molecule has 1 fully saturated rings. The lowest BCUT2D eigenvalue weighted by molar-refractivity contribution is -0.145. The zero-order chi connectivity index (χ0) is 16.8. The molecule has 3 rings (SSSR count). The first-order chi connectivity index (χ1) is 11.7. The maximum Gasteiger partial charge on any atom is 0.308 e. The molecule has 0 aromatic heterocycles. The summed E-state index contributed by atoms with van der Waals surface area (Å²) >= 11 is 0. The Bertz CT molecular complexity index is 683. The van der Waals surface area contributed by atoms with Crippen LogP contribution in [-0.4, -0.2) is 31.3 Å². The van der Waals surface area contributed by atoms with Gasteiger partial charge < -0.3 is 14.2 Å². The third-order valence-electron chi connectivity index (χ3n) is 3.82. The van der Waals surface area contributed by atoms with Gasteiger partial charge in [0.15, 0.2) is 12.4 Å². The van der Waals surface area contributed by atoms with Crippen LogP contribution in [-0.2, 0) is 19.0 Å². The molecule has 0 saturated carbocycles. The Balaban J connectivity index is 1.52. The molecule has 124 valence electrons. The minimum absolute atomic E-state index is 0.0433. The highest BCUT2D eigenvalue weighted by Crippen LogP contribution is 2.30. The fourth-order valence-corrected chi connectivity index (χ4v) is 2.59. The molecular formula is C19H18O5. The van der Waals surface area contributed by atoms with Crippen LogP contribution in [0.5, 0.6) is 0 Å². The summed E-state index contributed by atoms with van der Waals surface area (Å²) < 4.78 is 16.1. The van der Waals surface area contributed by atoms with Gasteiger partial charge in [-0.2, -0.15) is 0 Å². The Morgan fingerprint density at radius 3 is 2.33 bits per heavy atom. The largest absolute Gasteiger partial charge is 0.457 e. The first kappa shape index (κ1) is 16.4. The highest BCUT2D eigenvalue weighted by molar-refractivity contribution is 5.97. The van der Waals surface area contributed by atoms with Gasteiger partial charge in [0.1, 0.15) is 19.0 Å². The molecule has 0 radical (unpaired) electrons. The fraction of sp³-hybridized carbons (Fsp3) is 0.263. The Morgan fingerprint density at radius 1 is 0.958 bits per heavy atom. The van der Waals surface area contributed by atoms with E-state index in [9.17, 15) is 9.59 Å². The van der Waals surface area contributed by atoms with Crippen molar-refractivity contribution in [3.05, 3.63) is 71.8 Å². The minimum atomic E-state index is -0.476. The second kappa shape index (κ2) is 7.86. The molecule has 0 N–H and O–H groups in total. The summed E-state index contributed by atoms with van der Waals surface area (Å²) in [4.78, 5) is 23.9. The van der Waals surface area contributed by atoms with Crippen molar-refractivity contribution in [1.29, 1.82) is 0 Å². The zero-order valence-corrected chi connectivity index (χ0v) is 13.1. The normalized spacial score (nSPS) is 19.8. The van der Waals surface area contributed by atoms with Crippen molar-refractivity contribution in [2.45, 2.75) is 18.6 Å². The van der Waals surface area contributed by atoms with Crippen LogP contribution in [0.15, 0.2) is 60.7 Å². The molecule has 0 aliphatic carbocycles. The van der Waals surface area contributed by atoms with Gasteiger partial charge >= 0.3 is 5.97 Å². The number of ether oxygens (including phenoxy) is 3. The predicted molar refractivity (Wildman–Crippen MR) is 86.4 cm³/mol. The number of hydrogen-bond donors (Lipinski definition) is 0. The molecular weight excluding hydrogens is 308 g/mol. The number of ketones is 1. The van der Waals surface area contributed by atoms with Crippen LogP contribution in [0, 0.1) is 0 Å². The molecule has 2 aromatic rings. The summed E-state index contributed by atoms with van der Waals surface area (Å²) in [5.74, 6) is -0.706. The highest BCUT2D eigenvalue weighted by atomic mass is 16.7. The minimum Gasteiger partial charge on any atom is -0.457 e. The second-order valence-corrected chi connectivity index (χ2v) is 5.47. The van der Waals surface area contributed by atoms with Crippen molar-refractivity contribution in [2.75, 3.05) is 13.4 Å². The maximum atomic E-state index is 12.0. The molecule has 24 heavy (non-hydrogen) atoms. The summed E-state index contributed by atoms with van der Waals surface area (Å²) in [5.41, 5.74) is 1.47. The number of esters is 1. The topological polar surface area (TPSA) is 61.8 Å². The van der Waals surface area contributed by atoms with Crippen LogP contribution >= 0.6 is 0 Å². The molecule has 2 atom stereocenters. The van der Waals surface area contributed by atoms with Gasteiger partial charge in [0.2, 0.25) is 0 Å². The molecule has 1 aliphatic heterocycles. The van der Waals surface area contributed by atoms with Gasteiger partial charge in [0.25, 0.3) is 0 Å². The van der Waals surface area contributed by atoms with Crippen LogP contribution in [0.1, 0.15) is 28.4 Å². The quantitative estimate of drug-likeness (QED) is 0.603. The van der Waals surface area contributed by atoms with Crippen molar-refractivity contribution in [3.63, 3.8) is 0 Å². The van der Waals surface area contributed by atoms with E-state index < -0.39 is 12.1 Å². The Labute approximate surface area is 140 Å². The Morgan fingerprint density at radius 2 is 1.62 bits per heavy atom. The lowest BCUT2D eigenvalue weighted by Crippen LogP contribution is -2.22. The molecule has 5 heteroatoms. The summed E-state index contributed by atoms with van der Waals surface area (Å²) in [5, 5.41) is 0. The van der Waals surface area contributed by atoms with E-state index in [0.29, 0.717) is 5.56 Å². The van der Waals surface area contributed by atoms with Gasteiger partial charge in [-0.25, -0.2) is 0 Å². The van der Waals surface area contributed by atoms with Gasteiger partial charge in [0.05, 0.1) is 6.42 Å². The summed E-state index contributed by atoms with van der Waals surface area (Å²) in [6.07, 6.45) is -0.669. The molecule has 0 spiro atoms. The van der Waals surface area contributed by atoms with Crippen molar-refractivity contribution in [3.8, 4) is 0 Å². The van der Waals surface area contributed by atoms with E-state index in [1.54, 1.807) is 24.3 Å². The molecule has 0 amide bonds. The molecule has 1 heterocycles. The summed E-state index contributed by atoms with van der Waals surface area (Å²) in [6.45, 7) is -0.132. The van der Waals surface area contributed by atoms with Crippen LogP contribution in [0.2, 0.25) is 0 Å². The van der Waals surface area contributed by atoms with Crippen LogP contribution in [0.25, 0.3) is 0 Å². The standard InChI is InChI=1S/C19H18O5/c20-16(14-7-3-1-4-8-14)12-22-18(21)11-17-19(24-13-23-17)15-9-5-2-6-10-15/h1-10,17,19H,11-13H2/t17-,19+/m1/s1. The number of hydrogen-bond acceptors (Lipinski definition) is 5. The lowest BCUT2D eigenvalue weighted by atomic mass is 10.0. The lowest BCUT2D eigenvalue weighted by Gasteiger charge is -2.16. The van der Waals surface area contributed by atoms with E-state index in [4.69, 9.17) is 14.2 Å². The monoisotopic (exact) mass is 326 g/mol. The van der Waals surface area contributed by atoms with Gasteiger partial charge in [-0.3, -0.25) is 9.59 Å². The molecule has 0 unspecified atom stereocenters. The van der Waals surface area contributed by atoms with Gasteiger partial charge in [-0.15, -0.1) is 0 Å². The fourth-order valence-electron chi connectivity index (χ4n) is 2.59. The Kier molecular flexibility index (Phi) is 5.36. The average Bonchev–Trinajstić information content (AvgIpc) is 3.09. The van der Waals surface area contributed by atoms with Gasteiger partial charge in [-0.1, -0.05) is 60.7 Å². The highest BCUT2D eigenvalue weighted by Gasteiger charge is 2.33. The summed E-state index contributed by atoms with van der Waals surface area (Å²) in [7, 11) is 0. The first-order valence-electron chi connectivity index (χ1n) is 7.76. The predicted octanol–water partition coefficient (Wildman–Crippen LogP) is 2.92. The van der Waals surface area contributed by atoms with Crippen LogP contribution in [0.4, 0.5) is 0 Å². The van der Waals surface area contributed by atoms with Gasteiger partial charge in [0, 0.05) is 5.56 Å². The molecule has 1 saturated heterocycles. The van der Waals surface area contributed by atoms with E-state index in [1.165, 1.54) is 0 Å². The molecule has 0 bridgehead atoms. The van der Waals surface area contributed by atoms with Crippen molar-refractivity contribution in [1.82, 2.24) is 0 Å². The SMILES string of the molecule is O=C(C[C@H]1OCO[C@H]1c1ccccc1)OCC(=O)c1ccccc1. The van der Waals surface area contributed by atoms with Crippen molar-refractivity contribution < 1.29 is 23.8 Å². The number of benzene rings is 2. The molecule has 1 aliphatic rings. The number of rotatable bonds is 6. The summed E-state index contributed by atoms with van der Waals surface area (Å²) in [6, 6.07) is 18.3. The van der Waals surface area contributed by atoms with E-state index in [-0.39, 0.29) is 31.7 Å². The molecule has 5 nitrogen and oxygen atoms in total. The third-order valence-corrected chi connectivity index (χ3v) is 3.82. The average molecular weight is 326 g/mol. The second-order valence-electron chi connectivity index (χ2n) is 5.47. The van der Waals surface area contributed by atoms with Gasteiger partial charge in [-0.05, 0) is 5.56 Å². The van der Waals surface area contributed by atoms with E-state index >= 15 is 0 Å². The first-order valence-corrected chi connectivity index (χ1v) is 7.76. The van der Waals surface area contributed by atoms with E-state index in [0.717, 1.165) is 5.56 Å². The number of Topliss-reactive ketones (excluding diaryl/α,β-unsaturated/α-hetero) is 1. The van der Waals surface area contributed by atoms with Crippen molar-refractivity contribution >= 4 is 11.8 Å². The Hall–Kier alpha value is -2.50. The zero-order valence-electron chi connectivity index (χ0n) is 13.1. The van der Waals surface area contributed by atoms with E-state index in [1.807, 2.05) is 36.4 Å². The maximum absolute atomic E-state index is 12.0. The van der Waals surface area contributed by atoms with Crippen LogP contribution < -0.4 is 0 Å². The van der Waals surface area contributed by atoms with Crippen molar-refractivity contribution in [2.24, 2.45) is 0 Å². The number of carbonyl (C=O) groups excluding carboxylic acids is 2. The number of carbonyl (C=O) groups is 2.